The minimum Gasteiger partial charge on any atom is -0.491 e. The molecule has 108 valence electrons. The van der Waals surface area contributed by atoms with E-state index < -0.39 is 13.0 Å². The largest absolute Gasteiger partial charge is 0.522 e. The molecule has 0 aliphatic heterocycles. The van der Waals surface area contributed by atoms with Gasteiger partial charge in [-0.3, -0.25) is 4.74 Å². The molecular weight excluding hydrogens is 259 g/mol. The SMILES string of the molecule is CCC(N)Cc1ccc(OCCOC(F)(F)F)cc1. The van der Waals surface area contributed by atoms with Gasteiger partial charge in [0.05, 0.1) is 6.61 Å². The Kier molecular flexibility index (Phi) is 6.11. The van der Waals surface area contributed by atoms with Crippen molar-refractivity contribution in [3.8, 4) is 5.75 Å². The molecule has 0 fully saturated rings. The first-order valence-corrected chi connectivity index (χ1v) is 6.08. The van der Waals surface area contributed by atoms with Crippen molar-refractivity contribution < 1.29 is 22.6 Å². The maximum atomic E-state index is 11.7. The number of ether oxygens (including phenoxy) is 2. The minimum absolute atomic E-state index is 0.118. The second-order valence-corrected chi connectivity index (χ2v) is 4.16. The van der Waals surface area contributed by atoms with E-state index in [4.69, 9.17) is 10.5 Å². The molecule has 1 rings (SSSR count). The molecule has 0 bridgehead atoms. The van der Waals surface area contributed by atoms with E-state index in [1.54, 1.807) is 12.1 Å². The molecule has 3 nitrogen and oxygen atoms in total. The number of benzene rings is 1. The lowest BCUT2D eigenvalue weighted by Gasteiger charge is -2.11. The minimum atomic E-state index is -4.61. The van der Waals surface area contributed by atoms with Crippen LogP contribution in [-0.4, -0.2) is 25.6 Å². The number of alkyl halides is 3. The summed E-state index contributed by atoms with van der Waals surface area (Å²) in [5.74, 6) is 0.514. The summed E-state index contributed by atoms with van der Waals surface area (Å²) in [5, 5.41) is 0. The number of hydrogen-bond donors (Lipinski definition) is 1. The van der Waals surface area contributed by atoms with Gasteiger partial charge in [0.25, 0.3) is 0 Å². The first kappa shape index (κ1) is 15.8. The van der Waals surface area contributed by atoms with E-state index in [0.717, 1.165) is 18.4 Å². The highest BCUT2D eigenvalue weighted by Gasteiger charge is 2.28. The highest BCUT2D eigenvalue weighted by atomic mass is 19.4. The van der Waals surface area contributed by atoms with Crippen LogP contribution in [0, 0.1) is 0 Å². The van der Waals surface area contributed by atoms with Gasteiger partial charge in [-0.05, 0) is 30.5 Å². The summed E-state index contributed by atoms with van der Waals surface area (Å²) in [4.78, 5) is 0. The zero-order valence-corrected chi connectivity index (χ0v) is 10.7. The zero-order valence-electron chi connectivity index (χ0n) is 10.7. The summed E-state index contributed by atoms with van der Waals surface area (Å²) >= 11 is 0. The fourth-order valence-electron chi connectivity index (χ4n) is 1.49. The van der Waals surface area contributed by atoms with Gasteiger partial charge in [0.15, 0.2) is 0 Å². The van der Waals surface area contributed by atoms with Crippen molar-refractivity contribution in [2.24, 2.45) is 5.73 Å². The van der Waals surface area contributed by atoms with Crippen molar-refractivity contribution in [2.45, 2.75) is 32.2 Å². The van der Waals surface area contributed by atoms with E-state index >= 15 is 0 Å². The van der Waals surface area contributed by atoms with Crippen molar-refractivity contribution in [3.05, 3.63) is 29.8 Å². The fourth-order valence-corrected chi connectivity index (χ4v) is 1.49. The Labute approximate surface area is 110 Å². The molecule has 0 aliphatic rings. The van der Waals surface area contributed by atoms with E-state index in [2.05, 4.69) is 4.74 Å². The van der Waals surface area contributed by atoms with Crippen LogP contribution >= 0.6 is 0 Å². The van der Waals surface area contributed by atoms with E-state index in [1.807, 2.05) is 19.1 Å². The van der Waals surface area contributed by atoms with Crippen LogP contribution in [-0.2, 0) is 11.2 Å². The molecule has 1 aromatic carbocycles. The first-order chi connectivity index (χ1) is 8.90. The fraction of sp³-hybridized carbons (Fsp3) is 0.538. The molecule has 6 heteroatoms. The Morgan fingerprint density at radius 3 is 2.32 bits per heavy atom. The lowest BCUT2D eigenvalue weighted by Crippen LogP contribution is -2.21. The lowest BCUT2D eigenvalue weighted by atomic mass is 10.0. The topological polar surface area (TPSA) is 44.5 Å². The highest BCUT2D eigenvalue weighted by molar-refractivity contribution is 5.27. The van der Waals surface area contributed by atoms with Crippen LogP contribution in [0.4, 0.5) is 13.2 Å². The number of halogens is 3. The number of rotatable bonds is 7. The Bertz CT molecular complexity index is 365. The molecule has 0 amide bonds. The number of nitrogens with two attached hydrogens (primary N) is 1. The molecule has 0 aromatic heterocycles. The van der Waals surface area contributed by atoms with Crippen molar-refractivity contribution in [1.29, 1.82) is 0 Å². The highest BCUT2D eigenvalue weighted by Crippen LogP contribution is 2.17. The van der Waals surface area contributed by atoms with Gasteiger partial charge in [-0.2, -0.15) is 0 Å². The molecule has 1 aromatic rings. The van der Waals surface area contributed by atoms with Crippen LogP contribution in [0.3, 0.4) is 0 Å². The normalized spacial score (nSPS) is 13.3. The average molecular weight is 277 g/mol. The molecule has 19 heavy (non-hydrogen) atoms. The predicted molar refractivity (Wildman–Crippen MR) is 65.9 cm³/mol. The quantitative estimate of drug-likeness (QED) is 0.779. The summed E-state index contributed by atoms with van der Waals surface area (Å²) in [6.45, 7) is 1.35. The van der Waals surface area contributed by atoms with Crippen LogP contribution in [0.25, 0.3) is 0 Å². The van der Waals surface area contributed by atoms with Gasteiger partial charge in [0, 0.05) is 6.04 Å². The summed E-state index contributed by atoms with van der Waals surface area (Å²) in [6, 6.07) is 7.26. The van der Waals surface area contributed by atoms with Crippen LogP contribution in [0.2, 0.25) is 0 Å². The molecule has 0 aliphatic carbocycles. The Balaban J connectivity index is 2.32. The molecule has 0 heterocycles. The van der Waals surface area contributed by atoms with Crippen LogP contribution in [0.5, 0.6) is 5.75 Å². The van der Waals surface area contributed by atoms with Gasteiger partial charge < -0.3 is 10.5 Å². The molecule has 0 saturated carbocycles. The van der Waals surface area contributed by atoms with E-state index in [-0.39, 0.29) is 12.6 Å². The van der Waals surface area contributed by atoms with Gasteiger partial charge in [-0.15, -0.1) is 13.2 Å². The molecule has 0 radical (unpaired) electrons. The second kappa shape index (κ2) is 7.35. The van der Waals surface area contributed by atoms with E-state index in [0.29, 0.717) is 5.75 Å². The first-order valence-electron chi connectivity index (χ1n) is 6.08. The average Bonchev–Trinajstić information content (AvgIpc) is 2.35. The zero-order chi connectivity index (χ0) is 14.3. The van der Waals surface area contributed by atoms with E-state index in [1.165, 1.54) is 0 Å². The van der Waals surface area contributed by atoms with Crippen molar-refractivity contribution in [2.75, 3.05) is 13.2 Å². The summed E-state index contributed by atoms with van der Waals surface area (Å²) < 4.78 is 43.8. The molecule has 0 saturated heterocycles. The van der Waals surface area contributed by atoms with Gasteiger partial charge in [0.1, 0.15) is 12.4 Å². The van der Waals surface area contributed by atoms with E-state index in [9.17, 15) is 13.2 Å². The number of hydrogen-bond acceptors (Lipinski definition) is 3. The molecule has 1 atom stereocenters. The third-order valence-corrected chi connectivity index (χ3v) is 2.56. The lowest BCUT2D eigenvalue weighted by molar-refractivity contribution is -0.325. The smallest absolute Gasteiger partial charge is 0.491 e. The third-order valence-electron chi connectivity index (χ3n) is 2.56. The second-order valence-electron chi connectivity index (χ2n) is 4.16. The Morgan fingerprint density at radius 1 is 1.16 bits per heavy atom. The summed E-state index contributed by atoms with van der Waals surface area (Å²) in [7, 11) is 0. The summed E-state index contributed by atoms with van der Waals surface area (Å²) in [6.07, 6.45) is -2.94. The van der Waals surface area contributed by atoms with Gasteiger partial charge in [-0.1, -0.05) is 19.1 Å². The van der Waals surface area contributed by atoms with Crippen molar-refractivity contribution >= 4 is 0 Å². The summed E-state index contributed by atoms with van der Waals surface area (Å²) in [5.41, 5.74) is 6.90. The monoisotopic (exact) mass is 277 g/mol. The van der Waals surface area contributed by atoms with Gasteiger partial charge >= 0.3 is 6.36 Å². The standard InChI is InChI=1S/C13H18F3NO2/c1-2-11(17)9-10-3-5-12(6-4-10)18-7-8-19-13(14,15)16/h3-6,11H,2,7-9,17H2,1H3. The van der Waals surface area contributed by atoms with Crippen LogP contribution in [0.15, 0.2) is 24.3 Å². The van der Waals surface area contributed by atoms with Gasteiger partial charge in [0.2, 0.25) is 0 Å². The molecule has 1 unspecified atom stereocenters. The van der Waals surface area contributed by atoms with Crippen molar-refractivity contribution in [1.82, 2.24) is 0 Å². The molecular formula is C13H18F3NO2. The predicted octanol–water partition coefficient (Wildman–Crippen LogP) is 2.88. The van der Waals surface area contributed by atoms with Crippen LogP contribution in [0.1, 0.15) is 18.9 Å². The molecule has 2 N–H and O–H groups in total. The third kappa shape index (κ3) is 7.03. The van der Waals surface area contributed by atoms with Gasteiger partial charge in [-0.25, -0.2) is 0 Å². The Hall–Kier alpha value is -1.27. The maximum absolute atomic E-state index is 11.7. The molecule has 0 spiro atoms. The Morgan fingerprint density at radius 2 is 1.79 bits per heavy atom. The van der Waals surface area contributed by atoms with Crippen molar-refractivity contribution in [3.63, 3.8) is 0 Å². The van der Waals surface area contributed by atoms with Crippen LogP contribution < -0.4 is 10.5 Å². The maximum Gasteiger partial charge on any atom is 0.522 e.